The Hall–Kier alpha value is -1.07. The number of alkyl halides is 2. The monoisotopic (exact) mass is 588 g/mol. The number of carbonyl (C=O) groups excluding carboxylic acids is 3. The molecule has 1 aliphatic carbocycles. The molecule has 0 bridgehead atoms. The molecule has 226 valence electrons. The van der Waals surface area contributed by atoms with Crippen molar-refractivity contribution in [3.8, 4) is 0 Å². The Kier molecular flexibility index (Phi) is 16.3. The van der Waals surface area contributed by atoms with E-state index in [1.807, 2.05) is 13.8 Å². The molecule has 1 rings (SSSR count). The molecule has 3 unspecified atom stereocenters. The summed E-state index contributed by atoms with van der Waals surface area (Å²) in [5.41, 5.74) is 0.0292. The molecule has 5 nitrogen and oxygen atoms in total. The van der Waals surface area contributed by atoms with Crippen LogP contribution in [-0.2, 0) is 23.9 Å². The lowest BCUT2D eigenvalue weighted by Crippen LogP contribution is -2.35. The molecular formula is C32H54Cl2O5. The molecular weight excluding hydrogens is 535 g/mol. The summed E-state index contributed by atoms with van der Waals surface area (Å²) in [4.78, 5) is 34.3. The van der Waals surface area contributed by atoms with E-state index in [2.05, 4.69) is 27.7 Å². The molecule has 7 heteroatoms. The third kappa shape index (κ3) is 12.5. The molecule has 0 radical (unpaired) electrons. The van der Waals surface area contributed by atoms with Gasteiger partial charge in [0.15, 0.2) is 5.78 Å². The molecule has 39 heavy (non-hydrogen) atoms. The first kappa shape index (κ1) is 36.0. The highest BCUT2D eigenvalue weighted by Gasteiger charge is 2.33. The summed E-state index contributed by atoms with van der Waals surface area (Å²) in [6.45, 7) is 17.6. The molecule has 0 aliphatic heterocycles. The zero-order valence-corrected chi connectivity index (χ0v) is 27.1. The first-order valence-corrected chi connectivity index (χ1v) is 15.8. The van der Waals surface area contributed by atoms with Crippen molar-refractivity contribution in [2.45, 2.75) is 136 Å². The molecule has 1 saturated carbocycles. The molecule has 0 aromatic heterocycles. The highest BCUT2D eigenvalue weighted by atomic mass is 35.5. The van der Waals surface area contributed by atoms with Crippen LogP contribution in [0.15, 0.2) is 11.6 Å². The Morgan fingerprint density at radius 3 is 2.21 bits per heavy atom. The lowest BCUT2D eigenvalue weighted by Gasteiger charge is -2.33. The van der Waals surface area contributed by atoms with E-state index in [0.717, 1.165) is 19.3 Å². The third-order valence-corrected chi connectivity index (χ3v) is 10.2. The van der Waals surface area contributed by atoms with Crippen LogP contribution < -0.4 is 0 Å². The summed E-state index contributed by atoms with van der Waals surface area (Å²) >= 11 is 12.7. The molecule has 1 aliphatic rings. The summed E-state index contributed by atoms with van der Waals surface area (Å²) in [7, 11) is 0. The van der Waals surface area contributed by atoms with Gasteiger partial charge in [-0.1, -0.05) is 40.5 Å². The minimum absolute atomic E-state index is 0.0638. The highest BCUT2D eigenvalue weighted by molar-refractivity contribution is 6.21. The Balaban J connectivity index is 2.72. The second-order valence-corrected chi connectivity index (χ2v) is 14.2. The summed E-state index contributed by atoms with van der Waals surface area (Å²) in [6, 6.07) is 0. The SMILES string of the molecule is C/C(=C\C(=O)CC[C@H](C)[C@H]1CC[C@H](C)[C@@H]([C@H](C)CCC(Cl)C(C)(C)OC=O)CC[C@H](C)C1)C(OC=O)C(C)Cl. The largest absolute Gasteiger partial charge is 0.460 e. The summed E-state index contributed by atoms with van der Waals surface area (Å²) < 4.78 is 10.3. The number of rotatable bonds is 16. The van der Waals surface area contributed by atoms with Crippen molar-refractivity contribution < 1.29 is 23.9 Å². The van der Waals surface area contributed by atoms with Crippen LogP contribution in [0.4, 0.5) is 0 Å². The van der Waals surface area contributed by atoms with Crippen LogP contribution in [0.3, 0.4) is 0 Å². The molecule has 9 atom stereocenters. The zero-order valence-electron chi connectivity index (χ0n) is 25.6. The van der Waals surface area contributed by atoms with Crippen LogP contribution >= 0.6 is 23.2 Å². The van der Waals surface area contributed by atoms with E-state index in [4.69, 9.17) is 32.7 Å². The fraction of sp³-hybridized carbons (Fsp3) is 0.844. The number of ketones is 1. The van der Waals surface area contributed by atoms with Crippen LogP contribution in [0.1, 0.15) is 113 Å². The fourth-order valence-corrected chi connectivity index (χ4v) is 6.82. The van der Waals surface area contributed by atoms with Crippen LogP contribution in [0.5, 0.6) is 0 Å². The number of hydrogen-bond acceptors (Lipinski definition) is 5. The van der Waals surface area contributed by atoms with Crippen molar-refractivity contribution in [1.29, 1.82) is 0 Å². The van der Waals surface area contributed by atoms with Crippen molar-refractivity contribution in [2.75, 3.05) is 0 Å². The van der Waals surface area contributed by atoms with Gasteiger partial charge in [-0.2, -0.15) is 0 Å². The van der Waals surface area contributed by atoms with Gasteiger partial charge in [-0.3, -0.25) is 14.4 Å². The number of allylic oxidation sites excluding steroid dienone is 1. The van der Waals surface area contributed by atoms with Crippen molar-refractivity contribution in [1.82, 2.24) is 0 Å². The average Bonchev–Trinajstić information content (AvgIpc) is 2.92. The number of ether oxygens (including phenoxy) is 2. The van der Waals surface area contributed by atoms with Gasteiger partial charge in [0.25, 0.3) is 12.9 Å². The third-order valence-electron chi connectivity index (χ3n) is 9.24. The van der Waals surface area contributed by atoms with E-state index in [1.165, 1.54) is 32.1 Å². The maximum Gasteiger partial charge on any atom is 0.293 e. The fourth-order valence-electron chi connectivity index (χ4n) is 6.39. The first-order chi connectivity index (χ1) is 18.2. The quantitative estimate of drug-likeness (QED) is 0.103. The van der Waals surface area contributed by atoms with Gasteiger partial charge < -0.3 is 9.47 Å². The Bertz CT molecular complexity index is 781. The van der Waals surface area contributed by atoms with Crippen LogP contribution in [0, 0.1) is 35.5 Å². The molecule has 1 fully saturated rings. The second kappa shape index (κ2) is 17.7. The molecule has 0 spiro atoms. The predicted molar refractivity (Wildman–Crippen MR) is 161 cm³/mol. The Labute approximate surface area is 248 Å². The van der Waals surface area contributed by atoms with Gasteiger partial charge in [0.05, 0.1) is 10.8 Å². The smallest absolute Gasteiger partial charge is 0.293 e. The predicted octanol–water partition coefficient (Wildman–Crippen LogP) is 8.53. The Morgan fingerprint density at radius 1 is 0.949 bits per heavy atom. The molecule has 0 heterocycles. The van der Waals surface area contributed by atoms with E-state index < -0.39 is 17.1 Å². The minimum atomic E-state index is -0.658. The summed E-state index contributed by atoms with van der Waals surface area (Å²) in [5, 5.41) is -0.601. The van der Waals surface area contributed by atoms with Gasteiger partial charge >= 0.3 is 0 Å². The second-order valence-electron chi connectivity index (χ2n) is 12.9. The van der Waals surface area contributed by atoms with E-state index >= 15 is 0 Å². The molecule has 0 aromatic rings. The molecule has 0 N–H and O–H groups in total. The topological polar surface area (TPSA) is 69.7 Å². The maximum atomic E-state index is 12.7. The standard InChI is InChI=1S/C32H54Cl2O5/c1-21-9-15-29(24(4)12-16-30(34)32(7,8)39-20-36)23(3)10-13-27(17-21)22(2)11-14-28(37)18-25(5)31(26(6)33)38-19-35/h18-24,26-27,29-31H,9-17H2,1-8H3/b25-18+/t21-,22-,23-,24+,26?,27-,29-,30?,31?/m0/s1. The highest BCUT2D eigenvalue weighted by Crippen LogP contribution is 2.40. The van der Waals surface area contributed by atoms with Crippen LogP contribution in [0.25, 0.3) is 0 Å². The average molecular weight is 590 g/mol. The van der Waals surface area contributed by atoms with Gasteiger partial charge in [0.2, 0.25) is 0 Å². The van der Waals surface area contributed by atoms with Gasteiger partial charge in [0.1, 0.15) is 11.7 Å². The van der Waals surface area contributed by atoms with Gasteiger partial charge in [0, 0.05) is 6.42 Å². The van der Waals surface area contributed by atoms with Gasteiger partial charge in [-0.05, 0) is 113 Å². The normalized spacial score (nSPS) is 27.1. The summed E-state index contributed by atoms with van der Waals surface area (Å²) in [6.07, 6.45) is 10.3. The molecule has 0 aromatic carbocycles. The van der Waals surface area contributed by atoms with Crippen molar-refractivity contribution in [2.24, 2.45) is 35.5 Å². The van der Waals surface area contributed by atoms with Gasteiger partial charge in [-0.15, -0.1) is 23.2 Å². The van der Waals surface area contributed by atoms with Crippen LogP contribution in [-0.4, -0.2) is 41.2 Å². The number of carbonyl (C=O) groups is 3. The van der Waals surface area contributed by atoms with Crippen molar-refractivity contribution in [3.63, 3.8) is 0 Å². The van der Waals surface area contributed by atoms with E-state index in [9.17, 15) is 14.4 Å². The van der Waals surface area contributed by atoms with Crippen molar-refractivity contribution >= 4 is 41.9 Å². The molecule has 0 saturated heterocycles. The van der Waals surface area contributed by atoms with E-state index in [1.54, 1.807) is 19.9 Å². The first-order valence-electron chi connectivity index (χ1n) is 14.9. The summed E-state index contributed by atoms with van der Waals surface area (Å²) in [5.74, 6) is 3.64. The van der Waals surface area contributed by atoms with Crippen molar-refractivity contribution in [3.05, 3.63) is 11.6 Å². The zero-order chi connectivity index (χ0) is 29.8. The Morgan fingerprint density at radius 2 is 1.62 bits per heavy atom. The van der Waals surface area contributed by atoms with Gasteiger partial charge in [-0.25, -0.2) is 0 Å². The maximum absolute atomic E-state index is 12.7. The van der Waals surface area contributed by atoms with Crippen LogP contribution in [0.2, 0.25) is 0 Å². The van der Waals surface area contributed by atoms with E-state index in [-0.39, 0.29) is 11.2 Å². The lowest BCUT2D eigenvalue weighted by atomic mass is 9.75. The number of hydrogen-bond donors (Lipinski definition) is 0. The molecule has 0 amide bonds. The minimum Gasteiger partial charge on any atom is -0.460 e. The number of halogens is 2. The lowest BCUT2D eigenvalue weighted by molar-refractivity contribution is -0.140. The van der Waals surface area contributed by atoms with E-state index in [0.29, 0.717) is 60.4 Å².